The first-order valence-electron chi connectivity index (χ1n) is 29.0. The van der Waals surface area contributed by atoms with Gasteiger partial charge in [0.05, 0.1) is 75.2 Å². The average Bonchev–Trinajstić information content (AvgIpc) is 1.47. The van der Waals surface area contributed by atoms with Gasteiger partial charge in [-0.3, -0.25) is 0 Å². The van der Waals surface area contributed by atoms with Gasteiger partial charge in [-0.05, 0) is 123 Å². The third-order valence-corrected chi connectivity index (χ3v) is 18.4. The van der Waals surface area contributed by atoms with E-state index in [1.165, 1.54) is 0 Å². The largest absolute Gasteiger partial charge is 0.465 e. The molecule has 88 heavy (non-hydrogen) atoms. The van der Waals surface area contributed by atoms with Crippen molar-refractivity contribution in [2.24, 2.45) is 0 Å². The Bertz CT molecular complexity index is 5670. The Morgan fingerprint density at radius 3 is 1.49 bits per heavy atom. The molecule has 4 heterocycles. The number of para-hydroxylation sites is 7. The van der Waals surface area contributed by atoms with Gasteiger partial charge in [-0.2, -0.15) is 10.5 Å². The summed E-state index contributed by atoms with van der Waals surface area (Å²) in [6.45, 7) is 16.2. The SMILES string of the molecule is [C-]#[N+]c1ccc(N(c2cc3c(c4ccccc24)-c2c(cc(N(c4ccc(C#N)cc4)c4cccc5c4oc4c([N+]#[C-])cccc45)c4ccccc24)C32c3ccccc3-n3c4ccccc4c4cccc2c43)c2cccc3c2oc2c(C#N)cccc23)cc1. The zero-order chi connectivity index (χ0) is 58.5. The van der Waals surface area contributed by atoms with E-state index in [9.17, 15) is 10.5 Å². The molecule has 0 N–H and O–H groups in total. The fourth-order valence-corrected chi connectivity index (χ4v) is 14.9. The van der Waals surface area contributed by atoms with Gasteiger partial charge in [-0.25, -0.2) is 9.69 Å². The topological polar surface area (TPSA) is 94.0 Å². The lowest BCUT2D eigenvalue weighted by Crippen LogP contribution is -2.34. The van der Waals surface area contributed by atoms with Gasteiger partial charge in [0.1, 0.15) is 11.7 Å². The van der Waals surface area contributed by atoms with E-state index in [4.69, 9.17) is 22.0 Å². The van der Waals surface area contributed by atoms with Gasteiger partial charge in [0.2, 0.25) is 5.69 Å². The molecule has 0 fully saturated rings. The number of anilines is 6. The summed E-state index contributed by atoms with van der Waals surface area (Å²) in [4.78, 5) is 12.3. The Morgan fingerprint density at radius 1 is 0.386 bits per heavy atom. The van der Waals surface area contributed by atoms with Crippen LogP contribution in [0.5, 0.6) is 0 Å². The monoisotopic (exact) mass is 1120 g/mol. The summed E-state index contributed by atoms with van der Waals surface area (Å²) in [5.74, 6) is 0. The van der Waals surface area contributed by atoms with Crippen molar-refractivity contribution >= 4 is 133 Å². The highest BCUT2D eigenvalue weighted by atomic mass is 16.3. The van der Waals surface area contributed by atoms with E-state index < -0.39 is 5.41 Å². The third kappa shape index (κ3) is 6.38. The predicted molar refractivity (Wildman–Crippen MR) is 353 cm³/mol. The first kappa shape index (κ1) is 48.8. The summed E-state index contributed by atoms with van der Waals surface area (Å²) in [7, 11) is 0. The molecular formula is C79H41N7O2. The Balaban J connectivity index is 1.03. The van der Waals surface area contributed by atoms with Crippen LogP contribution in [0.25, 0.3) is 114 Å². The number of nitrogens with zero attached hydrogens (tertiary/aromatic N) is 7. The maximum atomic E-state index is 10.4. The van der Waals surface area contributed by atoms with E-state index in [1.807, 2.05) is 72.8 Å². The number of hydrogen-bond donors (Lipinski definition) is 0. The van der Waals surface area contributed by atoms with E-state index in [2.05, 4.69) is 200 Å². The molecule has 1 atom stereocenters. The summed E-state index contributed by atoms with van der Waals surface area (Å²) in [6, 6.07) is 90.8. The minimum atomic E-state index is -1.03. The van der Waals surface area contributed by atoms with Crippen molar-refractivity contribution < 1.29 is 8.83 Å². The number of hydrogen-bond acceptors (Lipinski definition) is 6. The van der Waals surface area contributed by atoms with E-state index in [0.717, 1.165) is 138 Å². The smallest absolute Gasteiger partial charge is 0.229 e. The summed E-state index contributed by atoms with van der Waals surface area (Å²) < 4.78 is 16.4. The molecular weight excluding hydrogens is 1080 g/mol. The van der Waals surface area contributed by atoms with Gasteiger partial charge < -0.3 is 23.2 Å². The lowest BCUT2D eigenvalue weighted by atomic mass is 9.65. The number of nitriles is 2. The zero-order valence-corrected chi connectivity index (χ0v) is 46.6. The van der Waals surface area contributed by atoms with Crippen molar-refractivity contribution in [1.82, 2.24) is 4.57 Å². The minimum absolute atomic E-state index is 0.433. The Hall–Kier alpha value is -12.7. The molecule has 404 valence electrons. The maximum absolute atomic E-state index is 10.4. The van der Waals surface area contributed by atoms with Crippen LogP contribution in [0.4, 0.5) is 45.5 Å². The fraction of sp³-hybridized carbons (Fsp3) is 0.0127. The van der Waals surface area contributed by atoms with Crippen LogP contribution in [0.1, 0.15) is 33.4 Å². The van der Waals surface area contributed by atoms with Gasteiger partial charge in [0.25, 0.3) is 0 Å². The molecule has 1 aliphatic heterocycles. The molecule has 1 unspecified atom stereocenters. The molecule has 0 saturated heterocycles. The lowest BCUT2D eigenvalue weighted by Gasteiger charge is -2.40. The molecule has 16 aromatic rings. The van der Waals surface area contributed by atoms with Crippen LogP contribution in [-0.2, 0) is 5.41 Å². The first-order valence-corrected chi connectivity index (χ1v) is 29.0. The molecule has 3 aromatic heterocycles. The van der Waals surface area contributed by atoms with E-state index in [1.54, 1.807) is 12.1 Å². The van der Waals surface area contributed by atoms with Crippen molar-refractivity contribution in [3.05, 3.63) is 305 Å². The number of furan rings is 2. The summed E-state index contributed by atoms with van der Waals surface area (Å²) >= 11 is 0. The van der Waals surface area contributed by atoms with Crippen molar-refractivity contribution in [2.45, 2.75) is 5.41 Å². The van der Waals surface area contributed by atoms with E-state index in [0.29, 0.717) is 44.8 Å². The predicted octanol–water partition coefficient (Wildman–Crippen LogP) is 21.3. The second-order valence-corrected chi connectivity index (χ2v) is 22.6. The summed E-state index contributed by atoms with van der Waals surface area (Å²) in [5, 5.41) is 30.5. The van der Waals surface area contributed by atoms with Crippen molar-refractivity contribution in [3.8, 4) is 29.0 Å². The van der Waals surface area contributed by atoms with Crippen LogP contribution in [0, 0.1) is 35.8 Å². The van der Waals surface area contributed by atoms with Gasteiger partial charge in [0.15, 0.2) is 22.4 Å². The van der Waals surface area contributed by atoms with Crippen molar-refractivity contribution in [2.75, 3.05) is 9.80 Å². The molecule has 1 spiro atoms. The molecule has 18 rings (SSSR count). The first-order chi connectivity index (χ1) is 43.5. The maximum Gasteiger partial charge on any atom is 0.229 e. The second-order valence-electron chi connectivity index (χ2n) is 22.6. The third-order valence-electron chi connectivity index (χ3n) is 18.4. The quantitative estimate of drug-likeness (QED) is 0.154. The number of rotatable bonds is 6. The zero-order valence-electron chi connectivity index (χ0n) is 46.6. The van der Waals surface area contributed by atoms with Crippen LogP contribution in [0.15, 0.2) is 258 Å². The van der Waals surface area contributed by atoms with Crippen LogP contribution < -0.4 is 9.80 Å². The fourth-order valence-electron chi connectivity index (χ4n) is 14.9. The van der Waals surface area contributed by atoms with Crippen molar-refractivity contribution in [1.29, 1.82) is 10.5 Å². The van der Waals surface area contributed by atoms with Crippen LogP contribution in [0.3, 0.4) is 0 Å². The summed E-state index contributed by atoms with van der Waals surface area (Å²) in [5.41, 5.74) is 18.0. The highest BCUT2D eigenvalue weighted by Crippen LogP contribution is 2.66. The normalized spacial score (nSPS) is 13.7. The Labute approximate surface area is 503 Å². The molecule has 0 saturated carbocycles. The van der Waals surface area contributed by atoms with Crippen LogP contribution in [-0.4, -0.2) is 4.57 Å². The standard InChI is InChI=1S/C79H41N7O2/c1-82-48-36-40-50(41-37-48)85(68-32-14-25-59-57-23-11-16-47(45-81)75(57)87-77(59)68)71-43-64-73(55-21-6-4-18-52(55)71)72-54-20-5-3-17-51(54)70(84(49-38-34-46(44-80)35-39-49)69-33-15-26-60-58-24-13-29-65(83-2)76(58)88-78(60)69)42-63(72)79(64)61-27-8-10-31-67(61)86-66-30-9-7-19-53(66)56-22-12-28-62(79)74(56)86/h3-43H. The number of benzene rings is 13. The number of fused-ring (bicyclic) bond motifs is 22. The molecule has 0 radical (unpaired) electrons. The Morgan fingerprint density at radius 2 is 0.875 bits per heavy atom. The molecule has 1 aliphatic carbocycles. The second kappa shape index (κ2) is 18.2. The molecule has 13 aromatic carbocycles. The number of aromatic nitrogens is 1. The van der Waals surface area contributed by atoms with E-state index >= 15 is 0 Å². The van der Waals surface area contributed by atoms with Gasteiger partial charge in [-0.15, -0.1) is 0 Å². The van der Waals surface area contributed by atoms with Crippen molar-refractivity contribution in [3.63, 3.8) is 0 Å². The van der Waals surface area contributed by atoms with Gasteiger partial charge in [0, 0.05) is 54.5 Å². The minimum Gasteiger partial charge on any atom is -0.465 e. The molecule has 9 heteroatoms. The van der Waals surface area contributed by atoms with Crippen LogP contribution in [0.2, 0.25) is 0 Å². The average molecular weight is 1120 g/mol. The highest BCUT2D eigenvalue weighted by molar-refractivity contribution is 6.22. The summed E-state index contributed by atoms with van der Waals surface area (Å²) in [6.07, 6.45) is 0. The Kier molecular flexibility index (Phi) is 10.1. The van der Waals surface area contributed by atoms with E-state index in [-0.39, 0.29) is 0 Å². The van der Waals surface area contributed by atoms with Gasteiger partial charge >= 0.3 is 0 Å². The lowest BCUT2D eigenvalue weighted by molar-refractivity contribution is 0.668. The van der Waals surface area contributed by atoms with Crippen LogP contribution >= 0.6 is 0 Å². The molecule has 0 bridgehead atoms. The highest BCUT2D eigenvalue weighted by Gasteiger charge is 2.53. The molecule has 9 nitrogen and oxygen atoms in total. The van der Waals surface area contributed by atoms with Gasteiger partial charge in [-0.1, -0.05) is 170 Å². The molecule has 0 amide bonds. The molecule has 2 aliphatic rings.